The topological polar surface area (TPSA) is 17.1 Å². The van der Waals surface area contributed by atoms with Crippen LogP contribution in [0, 0.1) is 11.8 Å². The smallest absolute Gasteiger partial charge is 0.161 e. The van der Waals surface area contributed by atoms with Gasteiger partial charge in [0.25, 0.3) is 0 Å². The fourth-order valence-corrected chi connectivity index (χ4v) is 1.09. The number of carbonyl (C=O) groups is 1. The van der Waals surface area contributed by atoms with E-state index in [4.69, 9.17) is 11.6 Å². The van der Waals surface area contributed by atoms with Crippen molar-refractivity contribution in [2.45, 2.75) is 6.92 Å². The van der Waals surface area contributed by atoms with Crippen molar-refractivity contribution >= 4 is 17.4 Å². The van der Waals surface area contributed by atoms with Gasteiger partial charge >= 0.3 is 0 Å². The van der Waals surface area contributed by atoms with Gasteiger partial charge in [-0.3, -0.25) is 4.79 Å². The first-order valence-corrected chi connectivity index (χ1v) is 4.44. The molecule has 0 aliphatic rings. The molecule has 2 heteroatoms. The highest BCUT2D eigenvalue weighted by Gasteiger charge is 2.02. The number of halogens is 1. The van der Waals surface area contributed by atoms with Gasteiger partial charge in [0.15, 0.2) is 5.78 Å². The molecule has 0 unspecified atom stereocenters. The molecule has 1 aromatic rings. The van der Waals surface area contributed by atoms with Gasteiger partial charge in [-0.15, -0.1) is 11.6 Å². The predicted octanol–water partition coefficient (Wildman–Crippen LogP) is 2.48. The monoisotopic (exact) mass is 192 g/mol. The molecule has 0 bridgehead atoms. The molecular formula is C11H9ClO. The lowest BCUT2D eigenvalue weighted by Gasteiger charge is -1.97. The van der Waals surface area contributed by atoms with Gasteiger partial charge in [-0.1, -0.05) is 30.0 Å². The Kier molecular flexibility index (Phi) is 3.54. The van der Waals surface area contributed by atoms with Gasteiger partial charge in [0, 0.05) is 11.1 Å². The Morgan fingerprint density at radius 1 is 1.46 bits per heavy atom. The van der Waals surface area contributed by atoms with E-state index >= 15 is 0 Å². The number of hydrogen-bond acceptors (Lipinski definition) is 1. The maximum atomic E-state index is 11.1. The summed E-state index contributed by atoms with van der Waals surface area (Å²) in [4.78, 5) is 11.1. The first-order valence-electron chi connectivity index (χ1n) is 3.90. The van der Waals surface area contributed by atoms with Crippen molar-refractivity contribution in [1.82, 2.24) is 0 Å². The first kappa shape index (κ1) is 9.83. The Morgan fingerprint density at radius 3 is 2.77 bits per heavy atom. The number of rotatable bonds is 1. The molecular weight excluding hydrogens is 184 g/mol. The van der Waals surface area contributed by atoms with Crippen molar-refractivity contribution in [3.63, 3.8) is 0 Å². The van der Waals surface area contributed by atoms with Crippen molar-refractivity contribution in [2.75, 3.05) is 5.88 Å². The van der Waals surface area contributed by atoms with Crippen LogP contribution in [0.2, 0.25) is 0 Å². The van der Waals surface area contributed by atoms with Gasteiger partial charge in [0.1, 0.15) is 0 Å². The molecule has 1 nitrogen and oxygen atoms in total. The van der Waals surface area contributed by atoms with Crippen LogP contribution in [0.4, 0.5) is 0 Å². The fraction of sp³-hybridized carbons (Fsp3) is 0.182. The van der Waals surface area contributed by atoms with Crippen molar-refractivity contribution in [1.29, 1.82) is 0 Å². The number of hydrogen-bond donors (Lipinski definition) is 0. The van der Waals surface area contributed by atoms with Crippen molar-refractivity contribution in [2.24, 2.45) is 0 Å². The molecule has 0 N–H and O–H groups in total. The quantitative estimate of drug-likeness (QED) is 0.380. The summed E-state index contributed by atoms with van der Waals surface area (Å²) in [6.07, 6.45) is 0. The summed E-state index contributed by atoms with van der Waals surface area (Å²) < 4.78 is 0. The molecule has 0 amide bonds. The average Bonchev–Trinajstić information content (AvgIpc) is 2.15. The number of ketones is 1. The molecule has 0 radical (unpaired) electrons. The number of alkyl halides is 1. The van der Waals surface area contributed by atoms with Crippen LogP contribution in [0.15, 0.2) is 24.3 Å². The van der Waals surface area contributed by atoms with Crippen LogP contribution in [0.3, 0.4) is 0 Å². The van der Waals surface area contributed by atoms with Crippen LogP contribution in [0.25, 0.3) is 0 Å². The molecule has 1 rings (SSSR count). The van der Waals surface area contributed by atoms with Gasteiger partial charge in [-0.25, -0.2) is 0 Å². The maximum absolute atomic E-state index is 11.1. The third kappa shape index (κ3) is 2.61. The SMILES string of the molecule is CC(=O)c1ccccc1C#CCCl. The summed E-state index contributed by atoms with van der Waals surface area (Å²) in [6, 6.07) is 7.25. The number of Topliss-reactive ketones (excluding diaryl/α,β-unsaturated/α-hetero) is 1. The molecule has 0 atom stereocenters. The summed E-state index contributed by atoms with van der Waals surface area (Å²) in [5.74, 6) is 5.88. The molecule has 0 heterocycles. The Morgan fingerprint density at radius 2 is 2.15 bits per heavy atom. The standard InChI is InChI=1S/C11H9ClO/c1-9(13)11-7-3-2-5-10(11)6-4-8-12/h2-3,5,7H,8H2,1H3. The largest absolute Gasteiger partial charge is 0.294 e. The van der Waals surface area contributed by atoms with E-state index in [2.05, 4.69) is 11.8 Å². The molecule has 0 spiro atoms. The third-order valence-electron chi connectivity index (χ3n) is 1.60. The Hall–Kier alpha value is -1.26. The lowest BCUT2D eigenvalue weighted by atomic mass is 10.1. The zero-order valence-electron chi connectivity index (χ0n) is 7.30. The van der Waals surface area contributed by atoms with E-state index in [1.54, 1.807) is 6.07 Å². The minimum Gasteiger partial charge on any atom is -0.294 e. The summed E-state index contributed by atoms with van der Waals surface area (Å²) >= 11 is 5.42. The minimum absolute atomic E-state index is 0.0273. The molecule has 0 saturated carbocycles. The molecule has 0 aromatic heterocycles. The third-order valence-corrected chi connectivity index (χ3v) is 1.73. The predicted molar refractivity (Wildman–Crippen MR) is 54.0 cm³/mol. The zero-order valence-corrected chi connectivity index (χ0v) is 8.06. The fourth-order valence-electron chi connectivity index (χ4n) is 1.03. The Bertz CT molecular complexity index is 371. The van der Waals surface area contributed by atoms with Crippen LogP contribution in [0.5, 0.6) is 0 Å². The second kappa shape index (κ2) is 4.69. The van der Waals surface area contributed by atoms with Crippen molar-refractivity contribution in [3.05, 3.63) is 35.4 Å². The van der Waals surface area contributed by atoms with Crippen LogP contribution in [-0.4, -0.2) is 11.7 Å². The van der Waals surface area contributed by atoms with E-state index < -0.39 is 0 Å². The van der Waals surface area contributed by atoms with E-state index in [1.165, 1.54) is 6.92 Å². The van der Waals surface area contributed by atoms with Crippen molar-refractivity contribution in [3.8, 4) is 11.8 Å². The summed E-state index contributed by atoms with van der Waals surface area (Å²) in [5, 5.41) is 0. The van der Waals surface area contributed by atoms with Crippen LogP contribution < -0.4 is 0 Å². The summed E-state index contributed by atoms with van der Waals surface area (Å²) in [6.45, 7) is 1.53. The lowest BCUT2D eigenvalue weighted by Crippen LogP contribution is -1.95. The lowest BCUT2D eigenvalue weighted by molar-refractivity contribution is 0.101. The number of benzene rings is 1. The van der Waals surface area contributed by atoms with Gasteiger partial charge in [0.2, 0.25) is 0 Å². The van der Waals surface area contributed by atoms with E-state index in [0.29, 0.717) is 5.56 Å². The number of carbonyl (C=O) groups excluding carboxylic acids is 1. The molecule has 0 fully saturated rings. The molecule has 0 aliphatic carbocycles. The Balaban J connectivity index is 3.12. The highest BCUT2D eigenvalue weighted by Crippen LogP contribution is 2.07. The van der Waals surface area contributed by atoms with E-state index in [0.717, 1.165) is 5.56 Å². The van der Waals surface area contributed by atoms with Crippen LogP contribution >= 0.6 is 11.6 Å². The second-order valence-corrected chi connectivity index (χ2v) is 2.80. The van der Waals surface area contributed by atoms with E-state index in [-0.39, 0.29) is 11.7 Å². The normalized spacial score (nSPS) is 8.77. The van der Waals surface area contributed by atoms with Crippen LogP contribution in [0.1, 0.15) is 22.8 Å². The molecule has 1 aromatic carbocycles. The average molecular weight is 193 g/mol. The van der Waals surface area contributed by atoms with Crippen molar-refractivity contribution < 1.29 is 4.79 Å². The zero-order chi connectivity index (χ0) is 9.68. The minimum atomic E-state index is 0.0273. The molecule has 0 aliphatic heterocycles. The maximum Gasteiger partial charge on any atom is 0.161 e. The van der Waals surface area contributed by atoms with Gasteiger partial charge in [-0.05, 0) is 13.0 Å². The highest BCUT2D eigenvalue weighted by atomic mass is 35.5. The van der Waals surface area contributed by atoms with Crippen LogP contribution in [-0.2, 0) is 0 Å². The summed E-state index contributed by atoms with van der Waals surface area (Å²) in [7, 11) is 0. The van der Waals surface area contributed by atoms with Gasteiger partial charge in [-0.2, -0.15) is 0 Å². The van der Waals surface area contributed by atoms with Gasteiger partial charge < -0.3 is 0 Å². The molecule has 13 heavy (non-hydrogen) atoms. The second-order valence-electron chi connectivity index (χ2n) is 2.54. The van der Waals surface area contributed by atoms with E-state index in [9.17, 15) is 4.79 Å². The molecule has 0 saturated heterocycles. The molecule has 66 valence electrons. The van der Waals surface area contributed by atoms with Gasteiger partial charge in [0.05, 0.1) is 5.88 Å². The first-order chi connectivity index (χ1) is 6.25. The Labute approximate surface area is 82.7 Å². The highest BCUT2D eigenvalue weighted by molar-refractivity contribution is 6.19. The summed E-state index contributed by atoms with van der Waals surface area (Å²) in [5.41, 5.74) is 1.40. The van der Waals surface area contributed by atoms with E-state index in [1.807, 2.05) is 18.2 Å².